The molecule has 1 aromatic rings. The van der Waals surface area contributed by atoms with Gasteiger partial charge < -0.3 is 9.73 Å². The van der Waals surface area contributed by atoms with E-state index in [1.807, 2.05) is 6.20 Å². The second-order valence-corrected chi connectivity index (χ2v) is 3.72. The molecule has 2 heterocycles. The molecule has 0 aromatic carbocycles. The van der Waals surface area contributed by atoms with E-state index < -0.39 is 0 Å². The molecule has 1 saturated heterocycles. The molecule has 3 nitrogen and oxygen atoms in total. The fourth-order valence-corrected chi connectivity index (χ4v) is 1.92. The maximum Gasteiger partial charge on any atom is 0.180 e. The average Bonchev–Trinajstić information content (AvgIpc) is 2.49. The first-order valence-corrected chi connectivity index (χ1v) is 5.03. The lowest BCUT2D eigenvalue weighted by atomic mass is 9.96. The van der Waals surface area contributed by atoms with Crippen molar-refractivity contribution in [2.24, 2.45) is 5.92 Å². The van der Waals surface area contributed by atoms with E-state index in [2.05, 4.69) is 10.3 Å². The summed E-state index contributed by atoms with van der Waals surface area (Å²) in [7, 11) is 0. The summed E-state index contributed by atoms with van der Waals surface area (Å²) in [6.07, 6.45) is 8.28. The number of rotatable bonds is 2. The quantitative estimate of drug-likeness (QED) is 0.751. The molecule has 13 heavy (non-hydrogen) atoms. The zero-order valence-electron chi connectivity index (χ0n) is 7.83. The predicted octanol–water partition coefficient (Wildman–Crippen LogP) is 1.61. The van der Waals surface area contributed by atoms with Gasteiger partial charge in [0.05, 0.1) is 6.20 Å². The fourth-order valence-electron chi connectivity index (χ4n) is 1.92. The number of nitrogens with zero attached hydrogens (tertiary/aromatic N) is 1. The first-order valence-electron chi connectivity index (χ1n) is 5.03. The monoisotopic (exact) mass is 180 g/mol. The van der Waals surface area contributed by atoms with Gasteiger partial charge in [0, 0.05) is 6.42 Å². The summed E-state index contributed by atoms with van der Waals surface area (Å²) in [5, 5.41) is 3.41. The third kappa shape index (κ3) is 2.56. The third-order valence-electron chi connectivity index (χ3n) is 2.67. The Hall–Kier alpha value is -0.830. The highest BCUT2D eigenvalue weighted by molar-refractivity contribution is 4.91. The van der Waals surface area contributed by atoms with E-state index in [0.29, 0.717) is 0 Å². The molecule has 3 heteroatoms. The number of oxazole rings is 1. The Morgan fingerprint density at radius 3 is 3.31 bits per heavy atom. The van der Waals surface area contributed by atoms with Crippen molar-refractivity contribution in [2.45, 2.75) is 25.7 Å². The molecule has 1 atom stereocenters. The number of hydrogen-bond donors (Lipinski definition) is 1. The number of nitrogens with one attached hydrogen (secondary N) is 1. The summed E-state index contributed by atoms with van der Waals surface area (Å²) in [6, 6.07) is 0. The van der Waals surface area contributed by atoms with Gasteiger partial charge >= 0.3 is 0 Å². The van der Waals surface area contributed by atoms with Crippen molar-refractivity contribution in [1.82, 2.24) is 10.3 Å². The Kier molecular flexibility index (Phi) is 2.98. The van der Waals surface area contributed by atoms with Crippen molar-refractivity contribution in [3.63, 3.8) is 0 Å². The van der Waals surface area contributed by atoms with E-state index in [1.165, 1.54) is 32.2 Å². The van der Waals surface area contributed by atoms with Crippen LogP contribution in [0.2, 0.25) is 0 Å². The minimum atomic E-state index is 0.781. The van der Waals surface area contributed by atoms with Gasteiger partial charge in [0.2, 0.25) is 0 Å². The second kappa shape index (κ2) is 4.42. The van der Waals surface area contributed by atoms with Gasteiger partial charge in [0.1, 0.15) is 5.76 Å². The Labute approximate surface area is 78.5 Å². The normalized spacial score (nSPS) is 24.2. The molecule has 0 bridgehead atoms. The van der Waals surface area contributed by atoms with Gasteiger partial charge in [0.25, 0.3) is 0 Å². The molecule has 1 N–H and O–H groups in total. The van der Waals surface area contributed by atoms with Crippen LogP contribution in [0, 0.1) is 5.92 Å². The van der Waals surface area contributed by atoms with Gasteiger partial charge in [-0.15, -0.1) is 0 Å². The van der Waals surface area contributed by atoms with Crippen LogP contribution in [0.3, 0.4) is 0 Å². The summed E-state index contributed by atoms with van der Waals surface area (Å²) >= 11 is 0. The van der Waals surface area contributed by atoms with Crippen LogP contribution in [-0.2, 0) is 6.42 Å². The van der Waals surface area contributed by atoms with Crippen molar-refractivity contribution in [3.05, 3.63) is 18.4 Å². The topological polar surface area (TPSA) is 38.1 Å². The molecule has 1 unspecified atom stereocenters. The number of aromatic nitrogens is 1. The van der Waals surface area contributed by atoms with E-state index in [4.69, 9.17) is 4.42 Å². The zero-order valence-corrected chi connectivity index (χ0v) is 7.83. The number of hydrogen-bond acceptors (Lipinski definition) is 3. The Balaban J connectivity index is 1.86. The van der Waals surface area contributed by atoms with Crippen LogP contribution in [0.25, 0.3) is 0 Å². The molecule has 1 aliphatic rings. The SMILES string of the molecule is c1ncc(CC2CCCNCC2)o1. The van der Waals surface area contributed by atoms with E-state index in [9.17, 15) is 0 Å². The molecule has 1 aliphatic heterocycles. The Morgan fingerprint density at radius 1 is 1.46 bits per heavy atom. The van der Waals surface area contributed by atoms with E-state index in [0.717, 1.165) is 24.6 Å². The standard InChI is InChI=1S/C10H16N2O/c1-2-9(3-5-11-4-1)6-10-7-12-8-13-10/h7-9,11H,1-6H2. The van der Waals surface area contributed by atoms with Gasteiger partial charge in [-0.25, -0.2) is 4.98 Å². The Bertz CT molecular complexity index is 225. The van der Waals surface area contributed by atoms with Crippen molar-refractivity contribution < 1.29 is 4.42 Å². The lowest BCUT2D eigenvalue weighted by Gasteiger charge is -2.10. The molecular weight excluding hydrogens is 164 g/mol. The van der Waals surface area contributed by atoms with Crippen molar-refractivity contribution in [2.75, 3.05) is 13.1 Å². The third-order valence-corrected chi connectivity index (χ3v) is 2.67. The lowest BCUT2D eigenvalue weighted by Crippen LogP contribution is -2.14. The van der Waals surface area contributed by atoms with Crippen LogP contribution in [0.5, 0.6) is 0 Å². The van der Waals surface area contributed by atoms with E-state index >= 15 is 0 Å². The maximum atomic E-state index is 5.25. The summed E-state index contributed by atoms with van der Waals surface area (Å²) < 4.78 is 5.25. The molecule has 0 radical (unpaired) electrons. The van der Waals surface area contributed by atoms with Crippen LogP contribution in [-0.4, -0.2) is 18.1 Å². The van der Waals surface area contributed by atoms with Crippen LogP contribution in [0.4, 0.5) is 0 Å². The maximum absolute atomic E-state index is 5.25. The minimum Gasteiger partial charge on any atom is -0.449 e. The van der Waals surface area contributed by atoms with E-state index in [1.54, 1.807) is 0 Å². The van der Waals surface area contributed by atoms with Gasteiger partial charge in [-0.05, 0) is 38.3 Å². The predicted molar refractivity (Wildman–Crippen MR) is 50.4 cm³/mol. The first-order chi connectivity index (χ1) is 6.45. The minimum absolute atomic E-state index is 0.781. The molecule has 1 aromatic heterocycles. The smallest absolute Gasteiger partial charge is 0.180 e. The van der Waals surface area contributed by atoms with Gasteiger partial charge in [0.15, 0.2) is 6.39 Å². The van der Waals surface area contributed by atoms with Gasteiger partial charge in [-0.2, -0.15) is 0 Å². The average molecular weight is 180 g/mol. The molecule has 0 spiro atoms. The van der Waals surface area contributed by atoms with Gasteiger partial charge in [-0.1, -0.05) is 0 Å². The van der Waals surface area contributed by atoms with Crippen molar-refractivity contribution in [3.8, 4) is 0 Å². The van der Waals surface area contributed by atoms with Gasteiger partial charge in [-0.3, -0.25) is 0 Å². The van der Waals surface area contributed by atoms with Crippen molar-refractivity contribution >= 4 is 0 Å². The summed E-state index contributed by atoms with van der Waals surface area (Å²) in [6.45, 7) is 2.33. The molecule has 1 fully saturated rings. The fraction of sp³-hybridized carbons (Fsp3) is 0.700. The first kappa shape index (κ1) is 8.75. The molecule has 0 saturated carbocycles. The highest BCUT2D eigenvalue weighted by Crippen LogP contribution is 2.18. The molecular formula is C10H16N2O. The molecule has 2 rings (SSSR count). The van der Waals surface area contributed by atoms with Crippen LogP contribution in [0.1, 0.15) is 25.0 Å². The summed E-state index contributed by atoms with van der Waals surface area (Å²) in [4.78, 5) is 3.93. The lowest BCUT2D eigenvalue weighted by molar-refractivity contribution is 0.409. The molecule has 0 amide bonds. The van der Waals surface area contributed by atoms with Crippen LogP contribution >= 0.6 is 0 Å². The van der Waals surface area contributed by atoms with Crippen LogP contribution in [0.15, 0.2) is 17.0 Å². The highest BCUT2D eigenvalue weighted by atomic mass is 16.3. The summed E-state index contributed by atoms with van der Waals surface area (Å²) in [5.74, 6) is 1.81. The van der Waals surface area contributed by atoms with Crippen molar-refractivity contribution in [1.29, 1.82) is 0 Å². The molecule has 72 valence electrons. The largest absolute Gasteiger partial charge is 0.449 e. The zero-order chi connectivity index (χ0) is 8.93. The van der Waals surface area contributed by atoms with E-state index in [-0.39, 0.29) is 0 Å². The second-order valence-electron chi connectivity index (χ2n) is 3.72. The Morgan fingerprint density at radius 2 is 2.46 bits per heavy atom. The summed E-state index contributed by atoms with van der Waals surface area (Å²) in [5.41, 5.74) is 0. The van der Waals surface area contributed by atoms with Crippen LogP contribution < -0.4 is 5.32 Å². The highest BCUT2D eigenvalue weighted by Gasteiger charge is 2.13. The molecule has 0 aliphatic carbocycles.